The van der Waals surface area contributed by atoms with Gasteiger partial charge in [-0.05, 0) is 48.0 Å². The normalized spacial score (nSPS) is 15.3. The monoisotopic (exact) mass is 478 g/mol. The summed E-state index contributed by atoms with van der Waals surface area (Å²) in [7, 11) is 0. The lowest BCUT2D eigenvalue weighted by molar-refractivity contribution is 0.0497. The van der Waals surface area contributed by atoms with Crippen molar-refractivity contribution in [2.45, 2.75) is 12.6 Å². The highest BCUT2D eigenvalue weighted by Gasteiger charge is 2.21. The first-order valence-electron chi connectivity index (χ1n) is 10.4. The number of hydrogen-bond donors (Lipinski definition) is 2. The van der Waals surface area contributed by atoms with Gasteiger partial charge in [-0.1, -0.05) is 47.5 Å². The predicted molar refractivity (Wildman–Crippen MR) is 130 cm³/mol. The molecule has 0 bridgehead atoms. The molecule has 0 saturated carbocycles. The summed E-state index contributed by atoms with van der Waals surface area (Å²) in [5.41, 5.74) is 7.11. The molecule has 0 spiro atoms. The van der Waals surface area contributed by atoms with Crippen LogP contribution in [-0.2, 0) is 11.4 Å². The van der Waals surface area contributed by atoms with Gasteiger partial charge in [-0.3, -0.25) is 20.1 Å². The molecule has 2 N–H and O–H groups in total. The first kappa shape index (κ1) is 21.5. The highest BCUT2D eigenvalue weighted by molar-refractivity contribution is 6.35. The van der Waals surface area contributed by atoms with Crippen molar-refractivity contribution in [3.8, 4) is 0 Å². The molecule has 2 aromatic carbocycles. The molecule has 0 saturated heterocycles. The van der Waals surface area contributed by atoms with Crippen LogP contribution in [-0.4, -0.2) is 28.1 Å². The van der Waals surface area contributed by atoms with E-state index in [2.05, 4.69) is 15.8 Å². The summed E-state index contributed by atoms with van der Waals surface area (Å²) in [6.07, 6.45) is 5.09. The molecule has 33 heavy (non-hydrogen) atoms. The van der Waals surface area contributed by atoms with Crippen LogP contribution < -0.4 is 10.8 Å². The third-order valence-corrected chi connectivity index (χ3v) is 6.10. The molecule has 1 unspecified atom stereocenters. The Hall–Kier alpha value is -3.32. The Morgan fingerprint density at radius 3 is 2.73 bits per heavy atom. The SMILES string of the molecule is O=C(NCC1C=C(c2ccncc2)NO1)c1cc2ccccc2n1Cc1ccc(Cl)cc1Cl. The van der Waals surface area contributed by atoms with Gasteiger partial charge in [0, 0.05) is 45.5 Å². The molecule has 5 rings (SSSR count). The number of rotatable bonds is 6. The van der Waals surface area contributed by atoms with E-state index in [1.54, 1.807) is 24.5 Å². The Balaban J connectivity index is 1.36. The molecule has 166 valence electrons. The second-order valence-corrected chi connectivity index (χ2v) is 8.54. The lowest BCUT2D eigenvalue weighted by atomic mass is 10.2. The molecule has 1 atom stereocenters. The molecule has 1 aliphatic heterocycles. The molecule has 2 aromatic heterocycles. The Morgan fingerprint density at radius 2 is 1.91 bits per heavy atom. The van der Waals surface area contributed by atoms with Crippen molar-refractivity contribution in [3.63, 3.8) is 0 Å². The Kier molecular flexibility index (Phi) is 6.05. The van der Waals surface area contributed by atoms with E-state index in [0.717, 1.165) is 27.7 Å². The number of benzene rings is 2. The maximum Gasteiger partial charge on any atom is 0.268 e. The highest BCUT2D eigenvalue weighted by atomic mass is 35.5. The van der Waals surface area contributed by atoms with E-state index in [4.69, 9.17) is 28.0 Å². The zero-order valence-electron chi connectivity index (χ0n) is 17.5. The Labute approximate surface area is 200 Å². The van der Waals surface area contributed by atoms with Gasteiger partial charge in [0.2, 0.25) is 0 Å². The minimum absolute atomic E-state index is 0.189. The molecule has 0 radical (unpaired) electrons. The number of fused-ring (bicyclic) bond motifs is 1. The maximum absolute atomic E-state index is 13.2. The van der Waals surface area contributed by atoms with E-state index >= 15 is 0 Å². The number of para-hydroxylation sites is 1. The van der Waals surface area contributed by atoms with E-state index in [0.29, 0.717) is 28.8 Å². The third kappa shape index (κ3) is 4.59. The summed E-state index contributed by atoms with van der Waals surface area (Å²) in [6.45, 7) is 0.767. The quantitative estimate of drug-likeness (QED) is 0.406. The van der Waals surface area contributed by atoms with E-state index in [-0.39, 0.29) is 12.0 Å². The molecule has 8 heteroatoms. The van der Waals surface area contributed by atoms with Crippen LogP contribution in [0.5, 0.6) is 0 Å². The molecular weight excluding hydrogens is 459 g/mol. The van der Waals surface area contributed by atoms with Crippen LogP contribution in [0.2, 0.25) is 10.0 Å². The molecule has 0 aliphatic carbocycles. The largest absolute Gasteiger partial charge is 0.348 e. The number of nitrogens with zero attached hydrogens (tertiary/aromatic N) is 2. The fourth-order valence-electron chi connectivity index (χ4n) is 3.85. The number of hydroxylamine groups is 1. The van der Waals surface area contributed by atoms with E-state index in [1.807, 2.05) is 59.2 Å². The molecule has 1 aliphatic rings. The fraction of sp³-hybridized carbons (Fsp3) is 0.120. The van der Waals surface area contributed by atoms with E-state index in [1.165, 1.54) is 0 Å². The van der Waals surface area contributed by atoms with Crippen LogP contribution in [0, 0.1) is 0 Å². The van der Waals surface area contributed by atoms with Crippen molar-refractivity contribution in [2.75, 3.05) is 6.54 Å². The number of aromatic nitrogens is 2. The lowest BCUT2D eigenvalue weighted by Gasteiger charge is -2.14. The van der Waals surface area contributed by atoms with E-state index in [9.17, 15) is 4.79 Å². The minimum atomic E-state index is -0.291. The average Bonchev–Trinajstić information content (AvgIpc) is 3.45. The second-order valence-electron chi connectivity index (χ2n) is 7.69. The van der Waals surface area contributed by atoms with Gasteiger partial charge in [0.05, 0.1) is 12.2 Å². The standard InChI is InChI=1S/C25H20Cl2N4O2/c26-19-6-5-18(21(27)12-19)15-31-23-4-2-1-3-17(23)11-24(31)25(32)29-14-20-13-22(30-33-20)16-7-9-28-10-8-16/h1-13,20,30H,14-15H2,(H,29,32). The van der Waals surface area contributed by atoms with Crippen molar-refractivity contribution in [1.29, 1.82) is 0 Å². The molecule has 3 heterocycles. The van der Waals surface area contributed by atoms with Crippen LogP contribution in [0.1, 0.15) is 21.6 Å². The minimum Gasteiger partial charge on any atom is -0.348 e. The van der Waals surface area contributed by atoms with Crippen molar-refractivity contribution in [1.82, 2.24) is 20.3 Å². The summed E-state index contributed by atoms with van der Waals surface area (Å²) >= 11 is 12.5. The highest BCUT2D eigenvalue weighted by Crippen LogP contribution is 2.26. The fourth-order valence-corrected chi connectivity index (χ4v) is 4.32. The first-order valence-corrected chi connectivity index (χ1v) is 11.2. The number of pyridine rings is 1. The van der Waals surface area contributed by atoms with E-state index < -0.39 is 0 Å². The lowest BCUT2D eigenvalue weighted by Crippen LogP contribution is -2.33. The maximum atomic E-state index is 13.2. The van der Waals surface area contributed by atoms with Crippen LogP contribution >= 0.6 is 23.2 Å². The van der Waals surface area contributed by atoms with Crippen LogP contribution in [0.25, 0.3) is 16.6 Å². The van der Waals surface area contributed by atoms with Gasteiger partial charge in [-0.25, -0.2) is 0 Å². The average molecular weight is 479 g/mol. The summed E-state index contributed by atoms with van der Waals surface area (Å²) in [5, 5.41) is 5.10. The zero-order valence-corrected chi connectivity index (χ0v) is 19.0. The molecule has 1 amide bonds. The number of nitrogens with one attached hydrogen (secondary N) is 2. The smallest absolute Gasteiger partial charge is 0.268 e. The topological polar surface area (TPSA) is 68.2 Å². The zero-order chi connectivity index (χ0) is 22.8. The van der Waals surface area contributed by atoms with Gasteiger partial charge in [0.25, 0.3) is 5.91 Å². The summed E-state index contributed by atoms with van der Waals surface area (Å²) < 4.78 is 1.96. The van der Waals surface area contributed by atoms with Crippen molar-refractivity contribution in [2.24, 2.45) is 0 Å². The number of amides is 1. The van der Waals surface area contributed by atoms with Gasteiger partial charge in [0.1, 0.15) is 11.8 Å². The van der Waals surface area contributed by atoms with Gasteiger partial charge < -0.3 is 9.88 Å². The second kappa shape index (κ2) is 9.27. The molecule has 0 fully saturated rings. The summed E-state index contributed by atoms with van der Waals surface area (Å²) in [5.74, 6) is -0.189. The van der Waals surface area contributed by atoms with Gasteiger partial charge >= 0.3 is 0 Å². The number of halogens is 2. The Bertz CT molecular complexity index is 1350. The van der Waals surface area contributed by atoms with Crippen molar-refractivity contribution >= 4 is 45.7 Å². The van der Waals surface area contributed by atoms with Crippen molar-refractivity contribution in [3.05, 3.63) is 106 Å². The summed E-state index contributed by atoms with van der Waals surface area (Å²) in [6, 6.07) is 18.9. The molecule has 6 nitrogen and oxygen atoms in total. The van der Waals surface area contributed by atoms with Crippen LogP contribution in [0.3, 0.4) is 0 Å². The van der Waals surface area contributed by atoms with Crippen molar-refractivity contribution < 1.29 is 9.63 Å². The predicted octanol–water partition coefficient (Wildman–Crippen LogP) is 5.07. The van der Waals surface area contributed by atoms with Gasteiger partial charge in [0.15, 0.2) is 0 Å². The number of hydrogen-bond acceptors (Lipinski definition) is 4. The van der Waals surface area contributed by atoms with Gasteiger partial charge in [-0.2, -0.15) is 0 Å². The van der Waals surface area contributed by atoms with Crippen LogP contribution in [0.15, 0.2) is 79.1 Å². The molecular formula is C25H20Cl2N4O2. The summed E-state index contributed by atoms with van der Waals surface area (Å²) in [4.78, 5) is 22.8. The number of carbonyl (C=O) groups is 1. The van der Waals surface area contributed by atoms with Crippen LogP contribution in [0.4, 0.5) is 0 Å². The molecule has 4 aromatic rings. The van der Waals surface area contributed by atoms with Gasteiger partial charge in [-0.15, -0.1) is 0 Å². The third-order valence-electron chi connectivity index (χ3n) is 5.51. The Morgan fingerprint density at radius 1 is 1.09 bits per heavy atom. The number of carbonyl (C=O) groups excluding carboxylic acids is 1. The first-order chi connectivity index (χ1) is 16.1.